The van der Waals surface area contributed by atoms with Gasteiger partial charge >= 0.3 is 0 Å². The number of rotatable bonds is 2. The number of hydrogen-bond donors (Lipinski definition) is 1. The van der Waals surface area contributed by atoms with Gasteiger partial charge in [0.1, 0.15) is 0 Å². The molecule has 1 N–H and O–H groups in total. The zero-order valence-electron chi connectivity index (χ0n) is 7.63. The lowest BCUT2D eigenvalue weighted by atomic mass is 9.82. The highest BCUT2D eigenvalue weighted by atomic mass is 19.1. The van der Waals surface area contributed by atoms with Crippen LogP contribution >= 0.6 is 0 Å². The Balaban J connectivity index is 1.94. The Morgan fingerprint density at radius 3 is 2.92 bits per heavy atom. The first-order valence-corrected chi connectivity index (χ1v) is 4.62. The molecule has 1 saturated carbocycles. The molecule has 1 aromatic heterocycles. The van der Waals surface area contributed by atoms with Gasteiger partial charge in [0.2, 0.25) is 5.95 Å². The molecule has 0 amide bonds. The molecule has 0 radical (unpaired) electrons. The van der Waals surface area contributed by atoms with Crippen molar-refractivity contribution < 1.29 is 4.39 Å². The van der Waals surface area contributed by atoms with Gasteiger partial charge in [-0.3, -0.25) is 0 Å². The predicted molar refractivity (Wildman–Crippen MR) is 50.0 cm³/mol. The fraction of sp³-hybridized carbons (Fsp3) is 0.500. The Morgan fingerprint density at radius 2 is 2.31 bits per heavy atom. The summed E-state index contributed by atoms with van der Waals surface area (Å²) >= 11 is 0. The number of aromatic nitrogens is 1. The molecular formula is C10H13FN2. The van der Waals surface area contributed by atoms with E-state index in [4.69, 9.17) is 0 Å². The summed E-state index contributed by atoms with van der Waals surface area (Å²) in [4.78, 5) is 3.50. The van der Waals surface area contributed by atoms with Gasteiger partial charge in [-0.1, -0.05) is 6.92 Å². The van der Waals surface area contributed by atoms with Crippen LogP contribution in [0.1, 0.15) is 19.8 Å². The third kappa shape index (κ3) is 1.97. The van der Waals surface area contributed by atoms with Crippen molar-refractivity contribution in [1.82, 2.24) is 4.98 Å². The summed E-state index contributed by atoms with van der Waals surface area (Å²) in [7, 11) is 0. The van der Waals surface area contributed by atoms with E-state index in [1.807, 2.05) is 0 Å². The second-order valence-electron chi connectivity index (χ2n) is 3.79. The van der Waals surface area contributed by atoms with Crippen LogP contribution in [0, 0.1) is 11.9 Å². The maximum atomic E-state index is 12.7. The highest BCUT2D eigenvalue weighted by Crippen LogP contribution is 2.29. The first kappa shape index (κ1) is 8.48. The molecular weight excluding hydrogens is 167 g/mol. The average Bonchev–Trinajstić information content (AvgIpc) is 2.01. The minimum Gasteiger partial charge on any atom is -0.382 e. The number of nitrogens with one attached hydrogen (secondary N) is 1. The molecule has 0 aliphatic heterocycles. The number of pyridine rings is 1. The van der Waals surface area contributed by atoms with Crippen LogP contribution in [0.4, 0.5) is 10.1 Å². The summed E-state index contributed by atoms with van der Waals surface area (Å²) in [5, 5.41) is 3.27. The van der Waals surface area contributed by atoms with Crippen LogP contribution in [0.5, 0.6) is 0 Å². The minimum atomic E-state index is -0.419. The van der Waals surface area contributed by atoms with Crippen LogP contribution in [-0.4, -0.2) is 11.0 Å². The van der Waals surface area contributed by atoms with E-state index in [0.717, 1.165) is 11.6 Å². The van der Waals surface area contributed by atoms with Gasteiger partial charge in [-0.15, -0.1) is 0 Å². The van der Waals surface area contributed by atoms with Crippen LogP contribution in [0.15, 0.2) is 18.3 Å². The van der Waals surface area contributed by atoms with Crippen LogP contribution in [-0.2, 0) is 0 Å². The summed E-state index contributed by atoms with van der Waals surface area (Å²) in [6, 6.07) is 3.76. The summed E-state index contributed by atoms with van der Waals surface area (Å²) in [5.74, 6) is 0.390. The Bertz CT molecular complexity index is 295. The van der Waals surface area contributed by atoms with Crippen molar-refractivity contribution in [3.63, 3.8) is 0 Å². The molecule has 0 spiro atoms. The summed E-state index contributed by atoms with van der Waals surface area (Å²) < 4.78 is 12.7. The average molecular weight is 180 g/mol. The molecule has 1 fully saturated rings. The van der Waals surface area contributed by atoms with E-state index in [2.05, 4.69) is 17.2 Å². The minimum absolute atomic E-state index is 0.419. The van der Waals surface area contributed by atoms with E-state index in [0.29, 0.717) is 6.04 Å². The Kier molecular flexibility index (Phi) is 2.17. The van der Waals surface area contributed by atoms with Crippen LogP contribution in [0.3, 0.4) is 0 Å². The Hall–Kier alpha value is -1.12. The van der Waals surface area contributed by atoms with Crippen molar-refractivity contribution >= 4 is 5.69 Å². The third-order valence-electron chi connectivity index (χ3n) is 2.47. The maximum absolute atomic E-state index is 12.7. The zero-order chi connectivity index (χ0) is 9.26. The van der Waals surface area contributed by atoms with Crippen molar-refractivity contribution in [2.24, 2.45) is 5.92 Å². The highest BCUT2D eigenvalue weighted by molar-refractivity contribution is 5.42. The Labute approximate surface area is 77.2 Å². The van der Waals surface area contributed by atoms with E-state index in [-0.39, 0.29) is 0 Å². The molecule has 0 atom stereocenters. The van der Waals surface area contributed by atoms with Crippen LogP contribution in [0.25, 0.3) is 0 Å². The van der Waals surface area contributed by atoms with Crippen LogP contribution < -0.4 is 5.32 Å². The number of halogens is 1. The molecule has 2 rings (SSSR count). The summed E-state index contributed by atoms with van der Waals surface area (Å²) in [6.45, 7) is 2.23. The fourth-order valence-corrected chi connectivity index (χ4v) is 1.75. The van der Waals surface area contributed by atoms with Crippen molar-refractivity contribution in [3.8, 4) is 0 Å². The van der Waals surface area contributed by atoms with Gasteiger partial charge in [0.05, 0.1) is 0 Å². The summed E-state index contributed by atoms with van der Waals surface area (Å²) in [5.41, 5.74) is 0.837. The highest BCUT2D eigenvalue weighted by Gasteiger charge is 2.24. The number of anilines is 1. The predicted octanol–water partition coefficient (Wildman–Crippen LogP) is 2.43. The second kappa shape index (κ2) is 3.32. The van der Waals surface area contributed by atoms with Crippen molar-refractivity contribution in [2.75, 3.05) is 5.32 Å². The zero-order valence-corrected chi connectivity index (χ0v) is 7.63. The lowest BCUT2D eigenvalue weighted by molar-refractivity contribution is 0.309. The molecule has 1 aliphatic rings. The molecule has 13 heavy (non-hydrogen) atoms. The lowest BCUT2D eigenvalue weighted by Gasteiger charge is -2.34. The molecule has 1 aliphatic carbocycles. The first-order chi connectivity index (χ1) is 6.24. The van der Waals surface area contributed by atoms with Gasteiger partial charge in [-0.05, 0) is 24.8 Å². The van der Waals surface area contributed by atoms with Crippen LogP contribution in [0.2, 0.25) is 0 Å². The van der Waals surface area contributed by atoms with E-state index in [1.165, 1.54) is 25.1 Å². The lowest BCUT2D eigenvalue weighted by Crippen LogP contribution is -2.33. The quantitative estimate of drug-likeness (QED) is 0.707. The van der Waals surface area contributed by atoms with Crippen molar-refractivity contribution in [3.05, 3.63) is 24.3 Å². The van der Waals surface area contributed by atoms with Gasteiger partial charge in [-0.25, -0.2) is 4.98 Å². The monoisotopic (exact) mass is 180 g/mol. The maximum Gasteiger partial charge on any atom is 0.214 e. The topological polar surface area (TPSA) is 24.9 Å². The van der Waals surface area contributed by atoms with E-state index in [1.54, 1.807) is 6.07 Å². The van der Waals surface area contributed by atoms with Gasteiger partial charge in [0, 0.05) is 24.0 Å². The van der Waals surface area contributed by atoms with Gasteiger partial charge < -0.3 is 5.32 Å². The van der Waals surface area contributed by atoms with Gasteiger partial charge in [-0.2, -0.15) is 4.39 Å². The molecule has 3 heteroatoms. The first-order valence-electron chi connectivity index (χ1n) is 4.62. The van der Waals surface area contributed by atoms with E-state index >= 15 is 0 Å². The summed E-state index contributed by atoms with van der Waals surface area (Å²) in [6.07, 6.45) is 3.85. The smallest absolute Gasteiger partial charge is 0.214 e. The second-order valence-corrected chi connectivity index (χ2v) is 3.79. The Morgan fingerprint density at radius 1 is 1.54 bits per heavy atom. The van der Waals surface area contributed by atoms with Crippen molar-refractivity contribution in [1.29, 1.82) is 0 Å². The largest absolute Gasteiger partial charge is 0.382 e. The molecule has 1 aromatic rings. The molecule has 0 bridgehead atoms. The molecule has 0 saturated heterocycles. The number of nitrogens with zero attached hydrogens (tertiary/aromatic N) is 1. The van der Waals surface area contributed by atoms with E-state index < -0.39 is 5.95 Å². The standard InChI is InChI=1S/C10H13FN2/c1-7-4-9(5-7)13-8-2-3-12-10(11)6-8/h2-3,6-7,9H,4-5H2,1H3,(H,12,13). The number of hydrogen-bond acceptors (Lipinski definition) is 2. The molecule has 70 valence electrons. The van der Waals surface area contributed by atoms with E-state index in [9.17, 15) is 4.39 Å². The molecule has 1 heterocycles. The molecule has 0 unspecified atom stereocenters. The van der Waals surface area contributed by atoms with Gasteiger partial charge in [0.15, 0.2) is 0 Å². The molecule has 2 nitrogen and oxygen atoms in total. The van der Waals surface area contributed by atoms with Gasteiger partial charge in [0.25, 0.3) is 0 Å². The SMILES string of the molecule is CC1CC(Nc2ccnc(F)c2)C1. The molecule has 0 aromatic carbocycles. The normalized spacial score (nSPS) is 26.6. The van der Waals surface area contributed by atoms with Crippen molar-refractivity contribution in [2.45, 2.75) is 25.8 Å². The third-order valence-corrected chi connectivity index (χ3v) is 2.47. The fourth-order valence-electron chi connectivity index (χ4n) is 1.75.